The molecule has 0 fully saturated rings. The molecule has 0 aromatic carbocycles. The minimum atomic E-state index is -0.371. The van der Waals surface area contributed by atoms with Crippen LogP contribution in [0.2, 0.25) is 0 Å². The number of hydrogen-bond donors (Lipinski definition) is 1. The molecule has 100 valence electrons. The number of nitrogens with one attached hydrogen (secondary N) is 1. The van der Waals surface area contributed by atoms with Gasteiger partial charge in [0.1, 0.15) is 5.60 Å². The quantitative estimate of drug-likeness (QED) is 0.886. The number of ether oxygens (including phenoxy) is 1. The number of hydrogen-bond acceptors (Lipinski definition) is 4. The summed E-state index contributed by atoms with van der Waals surface area (Å²) in [4.78, 5) is 9.50. The van der Waals surface area contributed by atoms with Gasteiger partial charge in [0.05, 0.1) is 5.69 Å². The first kappa shape index (κ1) is 13.4. The minimum absolute atomic E-state index is 0.371. The number of nitrogens with zero attached hydrogens (tertiary/aromatic N) is 2. The summed E-state index contributed by atoms with van der Waals surface area (Å²) >= 11 is 0. The standard InChI is InChI=1S/C14H23N3O/c1-5-11-10-9-15-8-7-12(10)17-13(16-11)14(3,6-2)18-4/h15H,5-9H2,1-4H3. The predicted octanol–water partition coefficient (Wildman–Crippen LogP) is 1.96. The molecule has 1 aromatic heterocycles. The summed E-state index contributed by atoms with van der Waals surface area (Å²) in [6.45, 7) is 8.23. The highest BCUT2D eigenvalue weighted by molar-refractivity contribution is 5.29. The molecule has 0 saturated heterocycles. The fourth-order valence-corrected chi connectivity index (χ4v) is 2.34. The highest BCUT2D eigenvalue weighted by atomic mass is 16.5. The summed E-state index contributed by atoms with van der Waals surface area (Å²) in [6.07, 6.45) is 2.81. The van der Waals surface area contributed by atoms with Crippen molar-refractivity contribution in [2.45, 2.75) is 52.2 Å². The van der Waals surface area contributed by atoms with Gasteiger partial charge in [0.2, 0.25) is 0 Å². The van der Waals surface area contributed by atoms with Gasteiger partial charge in [-0.2, -0.15) is 0 Å². The van der Waals surface area contributed by atoms with Gasteiger partial charge in [-0.05, 0) is 19.8 Å². The van der Waals surface area contributed by atoms with Gasteiger partial charge in [-0.15, -0.1) is 0 Å². The van der Waals surface area contributed by atoms with Crippen LogP contribution in [0.3, 0.4) is 0 Å². The second kappa shape index (κ2) is 5.33. The topological polar surface area (TPSA) is 47.0 Å². The van der Waals surface area contributed by atoms with Crippen LogP contribution in [0, 0.1) is 0 Å². The third kappa shape index (κ3) is 2.27. The normalized spacial score (nSPS) is 18.2. The second-order valence-electron chi connectivity index (χ2n) is 4.99. The average molecular weight is 249 g/mol. The lowest BCUT2D eigenvalue weighted by atomic mass is 9.99. The Bertz CT molecular complexity index is 410. The van der Waals surface area contributed by atoms with Gasteiger partial charge < -0.3 is 10.1 Å². The molecule has 1 aliphatic heterocycles. The molecule has 2 heterocycles. The van der Waals surface area contributed by atoms with E-state index in [1.807, 2.05) is 0 Å². The monoisotopic (exact) mass is 249 g/mol. The van der Waals surface area contributed by atoms with Gasteiger partial charge in [-0.1, -0.05) is 13.8 Å². The molecule has 0 spiro atoms. The van der Waals surface area contributed by atoms with E-state index in [1.54, 1.807) is 7.11 Å². The van der Waals surface area contributed by atoms with Crippen molar-refractivity contribution in [3.05, 3.63) is 22.8 Å². The first-order valence-corrected chi connectivity index (χ1v) is 6.79. The molecule has 1 aliphatic rings. The largest absolute Gasteiger partial charge is 0.371 e. The number of rotatable bonds is 4. The highest BCUT2D eigenvalue weighted by Crippen LogP contribution is 2.27. The highest BCUT2D eigenvalue weighted by Gasteiger charge is 2.29. The lowest BCUT2D eigenvalue weighted by molar-refractivity contribution is -0.00940. The first-order valence-electron chi connectivity index (χ1n) is 6.79. The molecule has 0 aliphatic carbocycles. The van der Waals surface area contributed by atoms with Crippen molar-refractivity contribution in [1.29, 1.82) is 0 Å². The fraction of sp³-hybridized carbons (Fsp3) is 0.714. The van der Waals surface area contributed by atoms with Gasteiger partial charge in [0.25, 0.3) is 0 Å². The summed E-state index contributed by atoms with van der Waals surface area (Å²) in [5, 5.41) is 3.39. The molecular formula is C14H23N3O. The van der Waals surface area contributed by atoms with Crippen molar-refractivity contribution in [2.24, 2.45) is 0 Å². The minimum Gasteiger partial charge on any atom is -0.371 e. The fourth-order valence-electron chi connectivity index (χ4n) is 2.34. The van der Waals surface area contributed by atoms with E-state index in [9.17, 15) is 0 Å². The molecule has 0 saturated carbocycles. The lowest BCUT2D eigenvalue weighted by Gasteiger charge is -2.28. The maximum atomic E-state index is 5.62. The third-order valence-electron chi connectivity index (χ3n) is 3.95. The van der Waals surface area contributed by atoms with Gasteiger partial charge in [0.15, 0.2) is 5.82 Å². The van der Waals surface area contributed by atoms with Crippen molar-refractivity contribution in [2.75, 3.05) is 13.7 Å². The summed E-state index contributed by atoms with van der Waals surface area (Å²) in [5.74, 6) is 0.838. The van der Waals surface area contributed by atoms with Crippen LogP contribution in [0.15, 0.2) is 0 Å². The summed E-state index contributed by atoms with van der Waals surface area (Å²) in [6, 6.07) is 0. The van der Waals surface area contributed by atoms with Crippen LogP contribution in [-0.4, -0.2) is 23.6 Å². The van der Waals surface area contributed by atoms with Gasteiger partial charge in [-0.3, -0.25) is 0 Å². The Balaban J connectivity index is 2.50. The maximum absolute atomic E-state index is 5.62. The third-order valence-corrected chi connectivity index (χ3v) is 3.95. The molecule has 18 heavy (non-hydrogen) atoms. The van der Waals surface area contributed by atoms with E-state index in [4.69, 9.17) is 14.7 Å². The molecule has 0 radical (unpaired) electrons. The van der Waals surface area contributed by atoms with Crippen LogP contribution in [0.25, 0.3) is 0 Å². The van der Waals surface area contributed by atoms with Crippen LogP contribution < -0.4 is 5.32 Å². The lowest BCUT2D eigenvalue weighted by Crippen LogP contribution is -2.32. The van der Waals surface area contributed by atoms with E-state index in [0.29, 0.717) is 0 Å². The molecule has 1 aromatic rings. The van der Waals surface area contributed by atoms with Crippen molar-refractivity contribution in [1.82, 2.24) is 15.3 Å². The van der Waals surface area contributed by atoms with Crippen LogP contribution in [0.1, 0.15) is 50.0 Å². The van der Waals surface area contributed by atoms with Crippen molar-refractivity contribution in [3.63, 3.8) is 0 Å². The average Bonchev–Trinajstić information content (AvgIpc) is 2.45. The van der Waals surface area contributed by atoms with Crippen molar-refractivity contribution in [3.8, 4) is 0 Å². The van der Waals surface area contributed by atoms with Crippen LogP contribution in [0.5, 0.6) is 0 Å². The van der Waals surface area contributed by atoms with Crippen LogP contribution in [0.4, 0.5) is 0 Å². The van der Waals surface area contributed by atoms with Gasteiger partial charge in [0, 0.05) is 37.9 Å². The zero-order valence-electron chi connectivity index (χ0n) is 11.8. The Kier molecular flexibility index (Phi) is 3.97. The Morgan fingerprint density at radius 1 is 1.33 bits per heavy atom. The van der Waals surface area contributed by atoms with E-state index >= 15 is 0 Å². The molecule has 4 heteroatoms. The van der Waals surface area contributed by atoms with E-state index < -0.39 is 0 Å². The van der Waals surface area contributed by atoms with E-state index in [0.717, 1.165) is 38.2 Å². The van der Waals surface area contributed by atoms with Gasteiger partial charge in [-0.25, -0.2) is 9.97 Å². The summed E-state index contributed by atoms with van der Waals surface area (Å²) < 4.78 is 5.62. The zero-order chi connectivity index (χ0) is 13.2. The Hall–Kier alpha value is -1.00. The Labute approximate surface area is 109 Å². The molecule has 0 bridgehead atoms. The van der Waals surface area contributed by atoms with Gasteiger partial charge >= 0.3 is 0 Å². The number of methoxy groups -OCH3 is 1. The molecule has 1 atom stereocenters. The molecule has 1 unspecified atom stereocenters. The first-order chi connectivity index (χ1) is 8.64. The Morgan fingerprint density at radius 3 is 2.72 bits per heavy atom. The number of fused-ring (bicyclic) bond motifs is 1. The Morgan fingerprint density at radius 2 is 2.11 bits per heavy atom. The maximum Gasteiger partial charge on any atom is 0.160 e. The van der Waals surface area contributed by atoms with Crippen molar-refractivity contribution < 1.29 is 4.74 Å². The smallest absolute Gasteiger partial charge is 0.160 e. The second-order valence-corrected chi connectivity index (χ2v) is 4.99. The molecular weight excluding hydrogens is 226 g/mol. The zero-order valence-corrected chi connectivity index (χ0v) is 11.8. The van der Waals surface area contributed by atoms with E-state index in [-0.39, 0.29) is 5.60 Å². The van der Waals surface area contributed by atoms with E-state index in [1.165, 1.54) is 17.0 Å². The number of aryl methyl sites for hydroxylation is 1. The van der Waals surface area contributed by atoms with Crippen LogP contribution >= 0.6 is 0 Å². The van der Waals surface area contributed by atoms with Crippen LogP contribution in [-0.2, 0) is 29.7 Å². The van der Waals surface area contributed by atoms with E-state index in [2.05, 4.69) is 26.1 Å². The summed E-state index contributed by atoms with van der Waals surface area (Å²) in [7, 11) is 1.74. The predicted molar refractivity (Wildman–Crippen MR) is 71.5 cm³/mol. The molecule has 4 nitrogen and oxygen atoms in total. The molecule has 2 rings (SSSR count). The number of aromatic nitrogens is 2. The SMILES string of the molecule is CCc1nc(C(C)(CC)OC)nc2c1CNCC2. The molecule has 1 N–H and O–H groups in total. The molecule has 0 amide bonds. The summed E-state index contributed by atoms with van der Waals surface area (Å²) in [5.41, 5.74) is 3.29. The van der Waals surface area contributed by atoms with Crippen molar-refractivity contribution >= 4 is 0 Å².